The number of allylic oxidation sites excluding steroid dienone is 1. The quantitative estimate of drug-likeness (QED) is 0.302. The van der Waals surface area contributed by atoms with Crippen LogP contribution in [0.1, 0.15) is 53.7 Å². The normalized spacial score (nSPS) is 22.9. The van der Waals surface area contributed by atoms with Crippen molar-refractivity contribution in [3.8, 4) is 11.5 Å². The van der Waals surface area contributed by atoms with E-state index >= 15 is 0 Å². The first-order chi connectivity index (χ1) is 18.2. The Morgan fingerprint density at radius 3 is 2.76 bits per heavy atom. The van der Waals surface area contributed by atoms with Gasteiger partial charge in [0.25, 0.3) is 5.91 Å². The molecule has 6 nitrogen and oxygen atoms in total. The van der Waals surface area contributed by atoms with Crippen LogP contribution in [0.4, 0.5) is 24.5 Å². The van der Waals surface area contributed by atoms with E-state index in [0.29, 0.717) is 23.7 Å². The standard InChI is InChI=1S/C29H27F3N4O2/c1-28-16-23(28)22-8-7-20(38-21-10-12-33-25(15-21)26(37)34-11-9-17-5-6-17)14-24(22)36-27(28)35-19-4-2-3-18(13-19)29(30,31)32/h2-4,7-10,12-15,23,27,35-36H,5-6,11,16H2,1H3,(H,34,37). The average Bonchev–Trinajstić information content (AvgIpc) is 3.81. The van der Waals surface area contributed by atoms with E-state index in [9.17, 15) is 18.0 Å². The third kappa shape index (κ3) is 4.92. The van der Waals surface area contributed by atoms with Crippen molar-refractivity contribution in [1.82, 2.24) is 10.3 Å². The van der Waals surface area contributed by atoms with Gasteiger partial charge in [0.2, 0.25) is 0 Å². The molecule has 3 unspecified atom stereocenters. The zero-order chi connectivity index (χ0) is 26.5. The lowest BCUT2D eigenvalue weighted by Gasteiger charge is -2.34. The predicted molar refractivity (Wildman–Crippen MR) is 138 cm³/mol. The molecule has 9 heteroatoms. The highest BCUT2D eigenvalue weighted by atomic mass is 19.4. The number of nitrogens with zero attached hydrogens (tertiary/aromatic N) is 1. The predicted octanol–water partition coefficient (Wildman–Crippen LogP) is 6.70. The lowest BCUT2D eigenvalue weighted by atomic mass is 9.92. The number of halogens is 3. The minimum atomic E-state index is -4.40. The molecule has 6 rings (SSSR count). The Bertz CT molecular complexity index is 1430. The summed E-state index contributed by atoms with van der Waals surface area (Å²) < 4.78 is 45.6. The molecular weight excluding hydrogens is 493 g/mol. The van der Waals surface area contributed by atoms with Gasteiger partial charge >= 0.3 is 6.18 Å². The summed E-state index contributed by atoms with van der Waals surface area (Å²) in [4.78, 5) is 16.6. The minimum absolute atomic E-state index is 0.119. The second-order valence-corrected chi connectivity index (χ2v) is 10.4. The number of rotatable bonds is 7. The number of fused-ring (bicyclic) bond motifs is 3. The number of aromatic nitrogens is 1. The van der Waals surface area contributed by atoms with Gasteiger partial charge in [-0.3, -0.25) is 9.78 Å². The van der Waals surface area contributed by atoms with Crippen molar-refractivity contribution >= 4 is 17.3 Å². The molecule has 2 aliphatic carbocycles. The molecule has 2 aromatic carbocycles. The molecule has 3 aliphatic rings. The SMILES string of the molecule is CC12CC1c1ccc(Oc3ccnc(C(=O)NCC=C4CC4)c3)cc1NC2Nc1cccc(C(F)(F)F)c1. The van der Waals surface area contributed by atoms with Gasteiger partial charge in [0.1, 0.15) is 23.4 Å². The molecule has 2 saturated carbocycles. The van der Waals surface area contributed by atoms with Gasteiger partial charge < -0.3 is 20.7 Å². The second-order valence-electron chi connectivity index (χ2n) is 10.4. The highest BCUT2D eigenvalue weighted by molar-refractivity contribution is 5.92. The van der Waals surface area contributed by atoms with Crippen LogP contribution in [0.25, 0.3) is 0 Å². The van der Waals surface area contributed by atoms with Crippen molar-refractivity contribution in [2.75, 3.05) is 17.2 Å². The monoisotopic (exact) mass is 520 g/mol. The lowest BCUT2D eigenvalue weighted by molar-refractivity contribution is -0.137. The molecule has 3 N–H and O–H groups in total. The molecular formula is C29H27F3N4O2. The molecule has 1 aromatic heterocycles. The van der Waals surface area contributed by atoms with Crippen LogP contribution >= 0.6 is 0 Å². The number of amides is 1. The van der Waals surface area contributed by atoms with Crippen LogP contribution < -0.4 is 20.7 Å². The van der Waals surface area contributed by atoms with Gasteiger partial charge in [-0.25, -0.2) is 0 Å². The van der Waals surface area contributed by atoms with E-state index in [1.807, 2.05) is 24.3 Å². The Morgan fingerprint density at radius 1 is 1.16 bits per heavy atom. The number of carbonyl (C=O) groups excluding carboxylic acids is 1. The van der Waals surface area contributed by atoms with E-state index in [0.717, 1.165) is 42.6 Å². The molecule has 1 amide bonds. The van der Waals surface area contributed by atoms with Crippen LogP contribution in [0.5, 0.6) is 11.5 Å². The van der Waals surface area contributed by atoms with Crippen molar-refractivity contribution in [1.29, 1.82) is 0 Å². The fourth-order valence-corrected chi connectivity index (χ4v) is 5.06. The molecule has 3 atom stereocenters. The van der Waals surface area contributed by atoms with Crippen LogP contribution in [0.15, 0.2) is 72.4 Å². The molecule has 3 aromatic rings. The number of alkyl halides is 3. The van der Waals surface area contributed by atoms with Gasteiger partial charge in [0.05, 0.1) is 5.56 Å². The molecule has 2 heterocycles. The summed E-state index contributed by atoms with van der Waals surface area (Å²) in [5.41, 5.74) is 3.26. The smallest absolute Gasteiger partial charge is 0.416 e. The van der Waals surface area contributed by atoms with Gasteiger partial charge in [0, 0.05) is 41.7 Å². The molecule has 2 fully saturated rings. The highest BCUT2D eigenvalue weighted by Crippen LogP contribution is 2.65. The molecule has 1 aliphatic heterocycles. The fourth-order valence-electron chi connectivity index (χ4n) is 5.06. The molecule has 0 radical (unpaired) electrons. The van der Waals surface area contributed by atoms with Crippen LogP contribution in [0.2, 0.25) is 0 Å². The maximum absolute atomic E-state index is 13.2. The number of anilines is 2. The first kappa shape index (κ1) is 24.3. The first-order valence-electron chi connectivity index (χ1n) is 12.6. The van der Waals surface area contributed by atoms with Gasteiger partial charge in [-0.15, -0.1) is 0 Å². The number of nitrogens with one attached hydrogen (secondary N) is 3. The van der Waals surface area contributed by atoms with Crippen LogP contribution in [-0.4, -0.2) is 23.6 Å². The Balaban J connectivity index is 1.17. The maximum Gasteiger partial charge on any atom is 0.416 e. The lowest BCUT2D eigenvalue weighted by Crippen LogP contribution is -2.40. The number of ether oxygens (including phenoxy) is 1. The molecule has 38 heavy (non-hydrogen) atoms. The number of hydrogen-bond donors (Lipinski definition) is 3. The topological polar surface area (TPSA) is 75.3 Å². The third-order valence-electron chi connectivity index (χ3n) is 7.53. The Morgan fingerprint density at radius 2 is 1.97 bits per heavy atom. The minimum Gasteiger partial charge on any atom is -0.457 e. The second kappa shape index (κ2) is 9.08. The van der Waals surface area contributed by atoms with E-state index in [1.54, 1.807) is 18.2 Å². The van der Waals surface area contributed by atoms with E-state index < -0.39 is 11.7 Å². The van der Waals surface area contributed by atoms with Crippen LogP contribution in [-0.2, 0) is 6.18 Å². The summed E-state index contributed by atoms with van der Waals surface area (Å²) in [6, 6.07) is 14.3. The van der Waals surface area contributed by atoms with Gasteiger partial charge in [-0.2, -0.15) is 13.2 Å². The largest absolute Gasteiger partial charge is 0.457 e. The Labute approximate surface area is 218 Å². The highest BCUT2D eigenvalue weighted by Gasteiger charge is 2.59. The average molecular weight is 521 g/mol. The molecule has 0 spiro atoms. The molecule has 0 saturated heterocycles. The Kier molecular flexibility index (Phi) is 5.81. The summed E-state index contributed by atoms with van der Waals surface area (Å²) in [7, 11) is 0. The van der Waals surface area contributed by atoms with Crippen molar-refractivity contribution < 1.29 is 22.7 Å². The van der Waals surface area contributed by atoms with Crippen molar-refractivity contribution in [3.63, 3.8) is 0 Å². The Hall–Kier alpha value is -4.01. The fraction of sp³-hybridized carbons (Fsp3) is 0.310. The van der Waals surface area contributed by atoms with E-state index in [1.165, 1.54) is 17.8 Å². The number of benzene rings is 2. The van der Waals surface area contributed by atoms with Crippen molar-refractivity contribution in [3.05, 3.63) is 89.3 Å². The third-order valence-corrected chi connectivity index (χ3v) is 7.53. The van der Waals surface area contributed by atoms with E-state index in [-0.39, 0.29) is 29.1 Å². The molecule has 196 valence electrons. The zero-order valence-corrected chi connectivity index (χ0v) is 20.7. The summed E-state index contributed by atoms with van der Waals surface area (Å²) >= 11 is 0. The van der Waals surface area contributed by atoms with Gasteiger partial charge in [0.15, 0.2) is 0 Å². The summed E-state index contributed by atoms with van der Waals surface area (Å²) in [6.45, 7) is 2.61. The van der Waals surface area contributed by atoms with E-state index in [2.05, 4.69) is 27.9 Å². The number of hydrogen-bond acceptors (Lipinski definition) is 5. The summed E-state index contributed by atoms with van der Waals surface area (Å²) in [5, 5.41) is 9.59. The molecule has 0 bridgehead atoms. The number of pyridine rings is 1. The zero-order valence-electron chi connectivity index (χ0n) is 20.7. The number of carbonyl (C=O) groups is 1. The van der Waals surface area contributed by atoms with E-state index in [4.69, 9.17) is 4.74 Å². The van der Waals surface area contributed by atoms with Crippen molar-refractivity contribution in [2.24, 2.45) is 5.41 Å². The summed E-state index contributed by atoms with van der Waals surface area (Å²) in [6.07, 6.45) is 2.04. The van der Waals surface area contributed by atoms with Gasteiger partial charge in [-0.05, 0) is 61.1 Å². The first-order valence-corrected chi connectivity index (χ1v) is 12.6. The van der Waals surface area contributed by atoms with Gasteiger partial charge in [-0.1, -0.05) is 30.7 Å². The van der Waals surface area contributed by atoms with Crippen LogP contribution in [0.3, 0.4) is 0 Å². The van der Waals surface area contributed by atoms with Crippen molar-refractivity contribution in [2.45, 2.75) is 44.4 Å². The van der Waals surface area contributed by atoms with Crippen LogP contribution in [0, 0.1) is 5.41 Å². The maximum atomic E-state index is 13.2. The summed E-state index contributed by atoms with van der Waals surface area (Å²) in [5.74, 6) is 1.08.